The summed E-state index contributed by atoms with van der Waals surface area (Å²) in [5.74, 6) is -0.551. The summed E-state index contributed by atoms with van der Waals surface area (Å²) in [6.07, 6.45) is 5.63. The van der Waals surface area contributed by atoms with Crippen molar-refractivity contribution in [3.63, 3.8) is 0 Å². The molecule has 2 atom stereocenters. The van der Waals surface area contributed by atoms with Gasteiger partial charge in [-0.3, -0.25) is 10.3 Å². The Morgan fingerprint density at radius 3 is 2.72 bits per heavy atom. The molecule has 2 rings (SSSR count). The van der Waals surface area contributed by atoms with Crippen LogP contribution in [0.15, 0.2) is 53.1 Å². The quantitative estimate of drug-likeness (QED) is 0.742. The standard InChI is InChI=1S/C18H22N2O3.C2H6/c1-12(7-6-9-14(3)18(21)22)11-16-19-17(23-20-16)15-10-5-4-8-13(15)2;1-2/h4-10,14,17H,11H2,1-3H3,(H,19,20)(H,21,22);1-2H3/b9-6-,12-7+;. The number of rotatable bonds is 6. The molecule has 1 aliphatic heterocycles. The first-order chi connectivity index (χ1) is 12.0. The van der Waals surface area contributed by atoms with Gasteiger partial charge in [-0.05, 0) is 26.3 Å². The molecule has 5 nitrogen and oxygen atoms in total. The third-order valence-corrected chi connectivity index (χ3v) is 3.63. The highest BCUT2D eigenvalue weighted by molar-refractivity contribution is 5.84. The largest absolute Gasteiger partial charge is 0.481 e. The van der Waals surface area contributed by atoms with E-state index in [9.17, 15) is 4.79 Å². The molecule has 136 valence electrons. The van der Waals surface area contributed by atoms with Crippen LogP contribution in [0.4, 0.5) is 0 Å². The van der Waals surface area contributed by atoms with Crippen LogP contribution in [-0.2, 0) is 9.63 Å². The average molecular weight is 344 g/mol. The zero-order valence-corrected chi connectivity index (χ0v) is 15.6. The summed E-state index contributed by atoms with van der Waals surface area (Å²) in [4.78, 5) is 20.8. The molecule has 2 unspecified atom stereocenters. The summed E-state index contributed by atoms with van der Waals surface area (Å²) in [5.41, 5.74) is 6.13. The summed E-state index contributed by atoms with van der Waals surface area (Å²) >= 11 is 0. The Balaban J connectivity index is 0.00000151. The van der Waals surface area contributed by atoms with Crippen LogP contribution < -0.4 is 5.48 Å². The van der Waals surface area contributed by atoms with Gasteiger partial charge in [0, 0.05) is 12.0 Å². The van der Waals surface area contributed by atoms with Crippen LogP contribution in [0.1, 0.15) is 51.5 Å². The lowest BCUT2D eigenvalue weighted by atomic mass is 10.1. The predicted octanol–water partition coefficient (Wildman–Crippen LogP) is 4.57. The number of carboxylic acids is 1. The minimum atomic E-state index is -0.830. The van der Waals surface area contributed by atoms with Crippen LogP contribution in [0.25, 0.3) is 0 Å². The van der Waals surface area contributed by atoms with Gasteiger partial charge in [0.15, 0.2) is 0 Å². The fourth-order valence-electron chi connectivity index (χ4n) is 2.19. The number of hydrogen-bond donors (Lipinski definition) is 2. The summed E-state index contributed by atoms with van der Waals surface area (Å²) in [6, 6.07) is 8.00. The molecule has 25 heavy (non-hydrogen) atoms. The molecule has 0 radical (unpaired) electrons. The third kappa shape index (κ3) is 6.55. The Hall–Kier alpha value is -2.40. The van der Waals surface area contributed by atoms with E-state index in [-0.39, 0.29) is 6.23 Å². The first-order valence-electron chi connectivity index (χ1n) is 8.58. The fourth-order valence-corrected chi connectivity index (χ4v) is 2.19. The van der Waals surface area contributed by atoms with Gasteiger partial charge >= 0.3 is 5.97 Å². The van der Waals surface area contributed by atoms with Gasteiger partial charge in [0.2, 0.25) is 6.23 Å². The van der Waals surface area contributed by atoms with Crippen molar-refractivity contribution < 1.29 is 14.7 Å². The Bertz CT molecular complexity index is 663. The summed E-state index contributed by atoms with van der Waals surface area (Å²) in [6.45, 7) is 9.65. The van der Waals surface area contributed by atoms with Crippen molar-refractivity contribution in [3.8, 4) is 0 Å². The molecule has 0 saturated carbocycles. The second-order valence-corrected chi connectivity index (χ2v) is 5.71. The highest BCUT2D eigenvalue weighted by Crippen LogP contribution is 2.25. The second-order valence-electron chi connectivity index (χ2n) is 5.71. The van der Waals surface area contributed by atoms with Gasteiger partial charge in [-0.15, -0.1) is 0 Å². The van der Waals surface area contributed by atoms with E-state index in [1.165, 1.54) is 0 Å². The van der Waals surface area contributed by atoms with Crippen molar-refractivity contribution in [2.45, 2.75) is 47.3 Å². The number of carbonyl (C=O) groups is 1. The molecular weight excluding hydrogens is 316 g/mol. The van der Waals surface area contributed by atoms with E-state index in [0.717, 1.165) is 22.5 Å². The molecular formula is C20H28N2O3. The molecule has 0 saturated heterocycles. The SMILES string of the molecule is C/C(=C\C=C/C(C)C(=O)O)CC1=NC(c2ccccc2C)ON1.CC. The van der Waals surface area contributed by atoms with E-state index in [1.807, 2.05) is 58.0 Å². The first-order valence-corrected chi connectivity index (χ1v) is 8.58. The zero-order valence-electron chi connectivity index (χ0n) is 15.6. The molecule has 1 aliphatic rings. The van der Waals surface area contributed by atoms with Crippen molar-refractivity contribution >= 4 is 11.8 Å². The van der Waals surface area contributed by atoms with Crippen LogP contribution in [0.2, 0.25) is 0 Å². The van der Waals surface area contributed by atoms with E-state index >= 15 is 0 Å². The minimum absolute atomic E-state index is 0.318. The van der Waals surface area contributed by atoms with Gasteiger partial charge in [-0.1, -0.05) is 61.9 Å². The molecule has 0 aromatic heterocycles. The number of hydrogen-bond acceptors (Lipinski definition) is 4. The second kappa shape index (κ2) is 10.5. The maximum atomic E-state index is 10.7. The number of allylic oxidation sites excluding steroid dienone is 2. The van der Waals surface area contributed by atoms with E-state index in [2.05, 4.69) is 10.5 Å². The minimum Gasteiger partial charge on any atom is -0.481 e. The first kappa shape index (κ1) is 20.6. The van der Waals surface area contributed by atoms with Crippen LogP contribution in [0.5, 0.6) is 0 Å². The van der Waals surface area contributed by atoms with E-state index in [4.69, 9.17) is 9.94 Å². The molecule has 1 aromatic rings. The van der Waals surface area contributed by atoms with Crippen LogP contribution in [0.3, 0.4) is 0 Å². The van der Waals surface area contributed by atoms with Crippen LogP contribution in [-0.4, -0.2) is 16.9 Å². The number of hydroxylamine groups is 1. The Morgan fingerprint density at radius 1 is 1.40 bits per heavy atom. The lowest BCUT2D eigenvalue weighted by molar-refractivity contribution is -0.139. The number of aliphatic imine (C=N–C) groups is 1. The third-order valence-electron chi connectivity index (χ3n) is 3.63. The van der Waals surface area contributed by atoms with Gasteiger partial charge in [-0.2, -0.15) is 0 Å². The summed E-state index contributed by atoms with van der Waals surface area (Å²) < 4.78 is 0. The van der Waals surface area contributed by atoms with E-state index < -0.39 is 11.9 Å². The zero-order chi connectivity index (χ0) is 18.8. The molecule has 5 heteroatoms. The monoisotopic (exact) mass is 344 g/mol. The van der Waals surface area contributed by atoms with Gasteiger partial charge in [0.05, 0.1) is 5.92 Å². The number of aliphatic carboxylic acids is 1. The molecule has 2 N–H and O–H groups in total. The fraction of sp³-hybridized carbons (Fsp3) is 0.400. The number of benzene rings is 1. The maximum Gasteiger partial charge on any atom is 0.310 e. The lowest BCUT2D eigenvalue weighted by Crippen LogP contribution is -2.17. The molecule has 1 aromatic carbocycles. The van der Waals surface area contributed by atoms with Gasteiger partial charge in [0.1, 0.15) is 5.84 Å². The topological polar surface area (TPSA) is 70.9 Å². The van der Waals surface area contributed by atoms with Gasteiger partial charge < -0.3 is 5.11 Å². The van der Waals surface area contributed by atoms with Crippen molar-refractivity contribution in [2.24, 2.45) is 10.9 Å². The highest BCUT2D eigenvalue weighted by atomic mass is 16.7. The smallest absolute Gasteiger partial charge is 0.310 e. The van der Waals surface area contributed by atoms with Crippen molar-refractivity contribution in [1.82, 2.24) is 5.48 Å². The predicted molar refractivity (Wildman–Crippen MR) is 101 cm³/mol. The summed E-state index contributed by atoms with van der Waals surface area (Å²) in [5, 5.41) is 8.82. The van der Waals surface area contributed by atoms with Crippen LogP contribution in [0, 0.1) is 12.8 Å². The normalized spacial score (nSPS) is 18.2. The van der Waals surface area contributed by atoms with Crippen molar-refractivity contribution in [2.75, 3.05) is 0 Å². The Labute approximate surface area is 150 Å². The highest BCUT2D eigenvalue weighted by Gasteiger charge is 2.20. The number of carboxylic acid groups (broad SMARTS) is 1. The Kier molecular flexibility index (Phi) is 8.64. The molecule has 0 bridgehead atoms. The van der Waals surface area contributed by atoms with Gasteiger partial charge in [0.25, 0.3) is 0 Å². The molecule has 0 fully saturated rings. The number of aryl methyl sites for hydroxylation is 1. The molecule has 1 heterocycles. The van der Waals surface area contributed by atoms with Crippen molar-refractivity contribution in [3.05, 3.63) is 59.2 Å². The molecule has 0 spiro atoms. The maximum absolute atomic E-state index is 10.7. The number of nitrogens with one attached hydrogen (secondary N) is 1. The average Bonchev–Trinajstić information content (AvgIpc) is 3.05. The number of amidine groups is 1. The molecule has 0 amide bonds. The number of nitrogens with zero attached hydrogens (tertiary/aromatic N) is 1. The van der Waals surface area contributed by atoms with Gasteiger partial charge in [-0.25, -0.2) is 9.83 Å². The Morgan fingerprint density at radius 2 is 2.08 bits per heavy atom. The van der Waals surface area contributed by atoms with E-state index in [1.54, 1.807) is 19.1 Å². The van der Waals surface area contributed by atoms with Crippen LogP contribution >= 0.6 is 0 Å². The molecule has 0 aliphatic carbocycles. The van der Waals surface area contributed by atoms with E-state index in [0.29, 0.717) is 6.42 Å². The van der Waals surface area contributed by atoms with Crippen molar-refractivity contribution in [1.29, 1.82) is 0 Å². The lowest BCUT2D eigenvalue weighted by Gasteiger charge is -2.08. The summed E-state index contributed by atoms with van der Waals surface area (Å²) in [7, 11) is 0.